The zero-order valence-corrected chi connectivity index (χ0v) is 9.50. The Morgan fingerprint density at radius 2 is 1.87 bits per heavy atom. The molecule has 1 aromatic carbocycles. The maximum absolute atomic E-state index is 12.1. The second kappa shape index (κ2) is 3.94. The molecule has 0 bridgehead atoms. The number of sulfone groups is 1. The highest BCUT2D eigenvalue weighted by Gasteiger charge is 2.35. The van der Waals surface area contributed by atoms with Gasteiger partial charge in [-0.1, -0.05) is 30.3 Å². The molecule has 0 aliphatic carbocycles. The SMILES string of the molecule is CC1CNCC(c2ccccc2)S1(=O)=O. The van der Waals surface area contributed by atoms with E-state index in [0.29, 0.717) is 13.1 Å². The van der Waals surface area contributed by atoms with Crippen LogP contribution in [0.2, 0.25) is 0 Å². The number of benzene rings is 1. The largest absolute Gasteiger partial charge is 0.314 e. The summed E-state index contributed by atoms with van der Waals surface area (Å²) in [6.45, 7) is 2.85. The summed E-state index contributed by atoms with van der Waals surface area (Å²) in [5, 5.41) is 2.48. The van der Waals surface area contributed by atoms with E-state index in [2.05, 4.69) is 5.32 Å². The van der Waals surface area contributed by atoms with Gasteiger partial charge >= 0.3 is 0 Å². The number of hydrogen-bond donors (Lipinski definition) is 1. The summed E-state index contributed by atoms with van der Waals surface area (Å²) < 4.78 is 24.1. The van der Waals surface area contributed by atoms with Crippen LogP contribution >= 0.6 is 0 Å². The molecule has 1 heterocycles. The summed E-state index contributed by atoms with van der Waals surface area (Å²) in [5.41, 5.74) is 0.886. The van der Waals surface area contributed by atoms with Crippen molar-refractivity contribution >= 4 is 9.84 Å². The predicted octanol–water partition coefficient (Wildman–Crippen LogP) is 1.13. The fourth-order valence-corrected chi connectivity index (χ4v) is 3.70. The molecular formula is C11H15NO2S. The van der Waals surface area contributed by atoms with Gasteiger partial charge in [0, 0.05) is 13.1 Å². The van der Waals surface area contributed by atoms with Crippen LogP contribution in [0, 0.1) is 0 Å². The highest BCUT2D eigenvalue weighted by molar-refractivity contribution is 7.92. The van der Waals surface area contributed by atoms with Crippen LogP contribution in [0.15, 0.2) is 30.3 Å². The Bertz CT molecular complexity index is 427. The molecule has 15 heavy (non-hydrogen) atoms. The first-order valence-corrected chi connectivity index (χ1v) is 6.71. The van der Waals surface area contributed by atoms with Crippen LogP contribution in [0.3, 0.4) is 0 Å². The van der Waals surface area contributed by atoms with Crippen molar-refractivity contribution in [2.45, 2.75) is 17.4 Å². The fraction of sp³-hybridized carbons (Fsp3) is 0.455. The van der Waals surface area contributed by atoms with Crippen LogP contribution in [-0.4, -0.2) is 26.8 Å². The number of hydrogen-bond acceptors (Lipinski definition) is 3. The van der Waals surface area contributed by atoms with Crippen molar-refractivity contribution in [3.05, 3.63) is 35.9 Å². The Labute approximate surface area is 90.4 Å². The molecule has 0 spiro atoms. The monoisotopic (exact) mass is 225 g/mol. The van der Waals surface area contributed by atoms with Crippen LogP contribution < -0.4 is 5.32 Å². The highest BCUT2D eigenvalue weighted by Crippen LogP contribution is 2.27. The van der Waals surface area contributed by atoms with E-state index >= 15 is 0 Å². The molecule has 2 unspecified atom stereocenters. The van der Waals surface area contributed by atoms with Crippen LogP contribution in [0.5, 0.6) is 0 Å². The molecule has 4 heteroatoms. The fourth-order valence-electron chi connectivity index (χ4n) is 1.91. The van der Waals surface area contributed by atoms with E-state index in [1.807, 2.05) is 30.3 Å². The lowest BCUT2D eigenvalue weighted by Gasteiger charge is -2.28. The molecule has 0 radical (unpaired) electrons. The van der Waals surface area contributed by atoms with E-state index in [1.165, 1.54) is 0 Å². The second-order valence-corrected chi connectivity index (χ2v) is 6.51. The van der Waals surface area contributed by atoms with E-state index < -0.39 is 9.84 Å². The second-order valence-electron chi connectivity index (χ2n) is 3.96. The molecule has 1 N–H and O–H groups in total. The maximum atomic E-state index is 12.1. The normalized spacial score (nSPS) is 29.9. The van der Waals surface area contributed by atoms with Gasteiger partial charge in [-0.3, -0.25) is 0 Å². The third-order valence-electron chi connectivity index (χ3n) is 2.89. The van der Waals surface area contributed by atoms with Crippen molar-refractivity contribution in [1.29, 1.82) is 0 Å². The molecule has 3 nitrogen and oxygen atoms in total. The molecule has 1 saturated heterocycles. The molecule has 82 valence electrons. The summed E-state index contributed by atoms with van der Waals surface area (Å²) in [7, 11) is -3.02. The number of rotatable bonds is 1. The summed E-state index contributed by atoms with van der Waals surface area (Å²) in [6.07, 6.45) is 0. The van der Waals surface area contributed by atoms with Gasteiger partial charge in [-0.05, 0) is 12.5 Å². The first kappa shape index (κ1) is 10.6. The van der Waals surface area contributed by atoms with Gasteiger partial charge < -0.3 is 5.32 Å². The van der Waals surface area contributed by atoms with Crippen molar-refractivity contribution < 1.29 is 8.42 Å². The van der Waals surface area contributed by atoms with E-state index in [0.717, 1.165) is 5.56 Å². The van der Waals surface area contributed by atoms with Gasteiger partial charge in [0.25, 0.3) is 0 Å². The quantitative estimate of drug-likeness (QED) is 0.779. The molecule has 1 aromatic rings. The lowest BCUT2D eigenvalue weighted by atomic mass is 10.1. The molecule has 0 amide bonds. The third-order valence-corrected chi connectivity index (χ3v) is 5.41. The van der Waals surface area contributed by atoms with Crippen molar-refractivity contribution in [1.82, 2.24) is 5.32 Å². The van der Waals surface area contributed by atoms with Gasteiger partial charge in [0.2, 0.25) is 0 Å². The standard InChI is InChI=1S/C11H15NO2S/c1-9-7-12-8-11(15(9,13)14)10-5-3-2-4-6-10/h2-6,9,11-12H,7-8H2,1H3. The van der Waals surface area contributed by atoms with Gasteiger partial charge in [-0.2, -0.15) is 0 Å². The Hall–Kier alpha value is -0.870. The topological polar surface area (TPSA) is 46.2 Å². The van der Waals surface area contributed by atoms with Gasteiger partial charge in [0.15, 0.2) is 9.84 Å². The van der Waals surface area contributed by atoms with Crippen LogP contribution in [0.4, 0.5) is 0 Å². The minimum Gasteiger partial charge on any atom is -0.314 e. The number of nitrogens with one attached hydrogen (secondary N) is 1. The van der Waals surface area contributed by atoms with Crippen molar-refractivity contribution in [3.8, 4) is 0 Å². The maximum Gasteiger partial charge on any atom is 0.162 e. The Morgan fingerprint density at radius 1 is 1.20 bits per heavy atom. The van der Waals surface area contributed by atoms with Crippen LogP contribution in [-0.2, 0) is 9.84 Å². The average molecular weight is 225 g/mol. The minimum atomic E-state index is -3.02. The summed E-state index contributed by atoms with van der Waals surface area (Å²) in [4.78, 5) is 0. The Balaban J connectivity index is 2.37. The van der Waals surface area contributed by atoms with E-state index in [1.54, 1.807) is 6.92 Å². The van der Waals surface area contributed by atoms with Gasteiger partial charge in [0.1, 0.15) is 0 Å². The summed E-state index contributed by atoms with van der Waals surface area (Å²) in [5.74, 6) is 0. The molecule has 1 fully saturated rings. The van der Waals surface area contributed by atoms with Gasteiger partial charge in [-0.15, -0.1) is 0 Å². The molecular weight excluding hydrogens is 210 g/mol. The Kier molecular flexibility index (Phi) is 2.80. The lowest BCUT2D eigenvalue weighted by Crippen LogP contribution is -2.44. The molecule has 1 aliphatic heterocycles. The summed E-state index contributed by atoms with van der Waals surface area (Å²) in [6, 6.07) is 9.41. The summed E-state index contributed by atoms with van der Waals surface area (Å²) >= 11 is 0. The molecule has 0 aromatic heterocycles. The van der Waals surface area contributed by atoms with Crippen LogP contribution in [0.25, 0.3) is 0 Å². The van der Waals surface area contributed by atoms with Crippen molar-refractivity contribution in [3.63, 3.8) is 0 Å². The molecule has 2 atom stereocenters. The first-order chi connectivity index (χ1) is 7.12. The third kappa shape index (κ3) is 1.92. The predicted molar refractivity (Wildman–Crippen MR) is 60.4 cm³/mol. The highest BCUT2D eigenvalue weighted by atomic mass is 32.2. The van der Waals surface area contributed by atoms with Gasteiger partial charge in [0.05, 0.1) is 10.5 Å². The average Bonchev–Trinajstić information content (AvgIpc) is 2.23. The van der Waals surface area contributed by atoms with E-state index in [-0.39, 0.29) is 10.5 Å². The van der Waals surface area contributed by atoms with E-state index in [4.69, 9.17) is 0 Å². The molecule has 1 aliphatic rings. The first-order valence-electron chi connectivity index (χ1n) is 5.11. The molecule has 2 rings (SSSR count). The Morgan fingerprint density at radius 3 is 2.53 bits per heavy atom. The zero-order valence-electron chi connectivity index (χ0n) is 8.68. The van der Waals surface area contributed by atoms with Gasteiger partial charge in [-0.25, -0.2) is 8.42 Å². The minimum absolute atomic E-state index is 0.295. The lowest BCUT2D eigenvalue weighted by molar-refractivity contribution is 0.526. The molecule has 0 saturated carbocycles. The van der Waals surface area contributed by atoms with Crippen molar-refractivity contribution in [2.75, 3.05) is 13.1 Å². The van der Waals surface area contributed by atoms with Crippen molar-refractivity contribution in [2.24, 2.45) is 0 Å². The smallest absolute Gasteiger partial charge is 0.162 e. The van der Waals surface area contributed by atoms with Crippen LogP contribution in [0.1, 0.15) is 17.7 Å². The zero-order chi connectivity index (χ0) is 10.9. The van der Waals surface area contributed by atoms with E-state index in [9.17, 15) is 8.42 Å².